The smallest absolute Gasteiger partial charge is 0.250 e. The largest absolute Gasteiger partial charge is 0.308 e. The average Bonchev–Trinajstić information content (AvgIpc) is 1.87. The summed E-state index contributed by atoms with van der Waals surface area (Å²) in [4.78, 5) is 0. The van der Waals surface area contributed by atoms with Gasteiger partial charge in [-0.3, -0.25) is 0 Å². The van der Waals surface area contributed by atoms with E-state index in [9.17, 15) is 8.78 Å². The number of alkyl halides is 3. The average molecular weight is 277 g/mol. The summed E-state index contributed by atoms with van der Waals surface area (Å²) in [5.74, 6) is 0.422. The highest BCUT2D eigenvalue weighted by Crippen LogP contribution is 2.05. The van der Waals surface area contributed by atoms with Crippen LogP contribution < -0.4 is 5.32 Å². The maximum Gasteiger partial charge on any atom is 0.250 e. The molecule has 0 bridgehead atoms. The van der Waals surface area contributed by atoms with Gasteiger partial charge in [0.15, 0.2) is 0 Å². The van der Waals surface area contributed by atoms with Gasteiger partial charge in [0.2, 0.25) is 0 Å². The lowest BCUT2D eigenvalue weighted by molar-refractivity contribution is 0.139. The first-order valence-electron chi connectivity index (χ1n) is 3.65. The third kappa shape index (κ3) is 5.78. The molecule has 68 valence electrons. The summed E-state index contributed by atoms with van der Waals surface area (Å²) >= 11 is 2.20. The minimum absolute atomic E-state index is 0.189. The molecule has 0 aliphatic rings. The first kappa shape index (κ1) is 11.6. The summed E-state index contributed by atoms with van der Waals surface area (Å²) in [6, 6.07) is 0.213. The lowest BCUT2D eigenvalue weighted by Crippen LogP contribution is -2.38. The van der Waals surface area contributed by atoms with Crippen molar-refractivity contribution in [2.45, 2.75) is 26.3 Å². The van der Waals surface area contributed by atoms with Crippen molar-refractivity contribution in [3.63, 3.8) is 0 Å². The van der Waals surface area contributed by atoms with Gasteiger partial charge < -0.3 is 5.32 Å². The zero-order valence-corrected chi connectivity index (χ0v) is 8.94. The summed E-state index contributed by atoms with van der Waals surface area (Å²) < 4.78 is 24.3. The van der Waals surface area contributed by atoms with Crippen LogP contribution in [0.4, 0.5) is 8.78 Å². The first-order chi connectivity index (χ1) is 5.07. The van der Waals surface area contributed by atoms with Crippen LogP contribution in [-0.4, -0.2) is 23.4 Å². The third-order valence-corrected chi connectivity index (χ3v) is 2.45. The second-order valence-corrected chi connectivity index (χ2v) is 3.68. The number of hydrogen-bond acceptors (Lipinski definition) is 1. The molecule has 1 N–H and O–H groups in total. The highest BCUT2D eigenvalue weighted by atomic mass is 127. The minimum atomic E-state index is -2.24. The molecule has 0 spiro atoms. The monoisotopic (exact) mass is 277 g/mol. The van der Waals surface area contributed by atoms with Crippen molar-refractivity contribution in [2.75, 3.05) is 11.0 Å². The van der Waals surface area contributed by atoms with Gasteiger partial charge in [0.25, 0.3) is 6.43 Å². The molecule has 0 radical (unpaired) electrons. The van der Waals surface area contributed by atoms with Crippen LogP contribution in [0.25, 0.3) is 0 Å². The predicted molar refractivity (Wildman–Crippen MR) is 51.5 cm³/mol. The van der Waals surface area contributed by atoms with Gasteiger partial charge in [-0.25, -0.2) is 8.78 Å². The minimum Gasteiger partial charge on any atom is -0.308 e. The molecule has 1 unspecified atom stereocenters. The molecule has 0 aromatic heterocycles. The van der Waals surface area contributed by atoms with Crippen molar-refractivity contribution in [1.82, 2.24) is 5.32 Å². The summed E-state index contributed by atoms with van der Waals surface area (Å²) in [5, 5.41) is 2.81. The molecule has 4 heteroatoms. The second kappa shape index (κ2) is 6.11. The normalized spacial score (nSPS) is 14.5. The Kier molecular flexibility index (Phi) is 6.41. The topological polar surface area (TPSA) is 12.0 Å². The van der Waals surface area contributed by atoms with E-state index in [1.807, 2.05) is 13.8 Å². The van der Waals surface area contributed by atoms with Crippen LogP contribution in [0.5, 0.6) is 0 Å². The van der Waals surface area contributed by atoms with Gasteiger partial charge in [-0.15, -0.1) is 0 Å². The van der Waals surface area contributed by atoms with E-state index in [0.717, 1.165) is 4.43 Å². The first-order valence-corrected chi connectivity index (χ1v) is 5.18. The molecule has 1 nitrogen and oxygen atoms in total. The lowest BCUT2D eigenvalue weighted by atomic mass is 10.1. The molecule has 0 aromatic rings. The SMILES string of the molecule is CC(C)C(CI)NCC(F)F. The Morgan fingerprint density at radius 1 is 1.36 bits per heavy atom. The summed E-state index contributed by atoms with van der Waals surface area (Å²) in [7, 11) is 0. The Labute approximate surface area is 80.1 Å². The van der Waals surface area contributed by atoms with Crippen molar-refractivity contribution < 1.29 is 8.78 Å². The molecule has 11 heavy (non-hydrogen) atoms. The van der Waals surface area contributed by atoms with Crippen molar-refractivity contribution in [2.24, 2.45) is 5.92 Å². The Morgan fingerprint density at radius 3 is 2.18 bits per heavy atom. The Morgan fingerprint density at radius 2 is 1.91 bits per heavy atom. The fraction of sp³-hybridized carbons (Fsp3) is 1.00. The van der Waals surface area contributed by atoms with E-state index in [-0.39, 0.29) is 12.6 Å². The van der Waals surface area contributed by atoms with E-state index in [1.54, 1.807) is 0 Å². The van der Waals surface area contributed by atoms with Crippen LogP contribution in [0, 0.1) is 5.92 Å². The summed E-state index contributed by atoms with van der Waals surface area (Å²) in [5.41, 5.74) is 0. The zero-order valence-electron chi connectivity index (χ0n) is 6.78. The Hall–Kier alpha value is 0.550. The van der Waals surface area contributed by atoms with Crippen LogP contribution in [-0.2, 0) is 0 Å². The number of halogens is 3. The molecule has 0 saturated heterocycles. The van der Waals surface area contributed by atoms with E-state index in [4.69, 9.17) is 0 Å². The molecule has 0 amide bonds. The summed E-state index contributed by atoms with van der Waals surface area (Å²) in [6.45, 7) is 3.87. The Balaban J connectivity index is 3.52. The van der Waals surface area contributed by atoms with E-state index in [0.29, 0.717) is 5.92 Å². The van der Waals surface area contributed by atoms with Gasteiger partial charge in [0, 0.05) is 10.5 Å². The van der Waals surface area contributed by atoms with Gasteiger partial charge >= 0.3 is 0 Å². The van der Waals surface area contributed by atoms with Crippen molar-refractivity contribution in [3.8, 4) is 0 Å². The highest BCUT2D eigenvalue weighted by Gasteiger charge is 2.12. The van der Waals surface area contributed by atoms with E-state index >= 15 is 0 Å². The number of rotatable bonds is 5. The van der Waals surface area contributed by atoms with Gasteiger partial charge in [0.1, 0.15) is 0 Å². The van der Waals surface area contributed by atoms with Crippen LogP contribution in [0.1, 0.15) is 13.8 Å². The van der Waals surface area contributed by atoms with Crippen LogP contribution in [0.2, 0.25) is 0 Å². The summed E-state index contributed by atoms with van der Waals surface area (Å²) in [6.07, 6.45) is -2.24. The maximum absolute atomic E-state index is 11.7. The molecule has 0 heterocycles. The van der Waals surface area contributed by atoms with E-state index in [2.05, 4.69) is 27.9 Å². The lowest BCUT2D eigenvalue weighted by Gasteiger charge is -2.19. The van der Waals surface area contributed by atoms with Crippen molar-refractivity contribution in [3.05, 3.63) is 0 Å². The van der Waals surface area contributed by atoms with Crippen LogP contribution in [0.3, 0.4) is 0 Å². The number of hydrogen-bond donors (Lipinski definition) is 1. The van der Waals surface area contributed by atoms with Crippen molar-refractivity contribution >= 4 is 22.6 Å². The highest BCUT2D eigenvalue weighted by molar-refractivity contribution is 14.1. The molecule has 1 atom stereocenters. The third-order valence-electron chi connectivity index (χ3n) is 1.51. The molecule has 0 saturated carbocycles. The molecule has 0 aliphatic carbocycles. The maximum atomic E-state index is 11.7. The van der Waals surface area contributed by atoms with E-state index in [1.165, 1.54) is 0 Å². The van der Waals surface area contributed by atoms with Gasteiger partial charge in [-0.05, 0) is 5.92 Å². The molecule has 0 aliphatic heterocycles. The Bertz CT molecular complexity index is 98.4. The molecule has 0 rings (SSSR count). The van der Waals surface area contributed by atoms with Gasteiger partial charge in [-0.1, -0.05) is 36.4 Å². The predicted octanol–water partition coefficient (Wildman–Crippen LogP) is 2.30. The van der Waals surface area contributed by atoms with E-state index < -0.39 is 6.43 Å². The molecular weight excluding hydrogens is 263 g/mol. The fourth-order valence-corrected chi connectivity index (χ4v) is 2.04. The number of nitrogens with one attached hydrogen (secondary N) is 1. The second-order valence-electron chi connectivity index (χ2n) is 2.80. The zero-order chi connectivity index (χ0) is 8.85. The molecular formula is C7H14F2IN. The van der Waals surface area contributed by atoms with Crippen LogP contribution in [0.15, 0.2) is 0 Å². The van der Waals surface area contributed by atoms with Crippen molar-refractivity contribution in [1.29, 1.82) is 0 Å². The molecule has 0 fully saturated rings. The van der Waals surface area contributed by atoms with Gasteiger partial charge in [0.05, 0.1) is 6.54 Å². The standard InChI is InChI=1S/C7H14F2IN/c1-5(2)6(3-10)11-4-7(8)9/h5-7,11H,3-4H2,1-2H3. The van der Waals surface area contributed by atoms with Crippen LogP contribution >= 0.6 is 22.6 Å². The molecule has 0 aromatic carbocycles. The quantitative estimate of drug-likeness (QED) is 0.600. The van der Waals surface area contributed by atoms with Gasteiger partial charge in [-0.2, -0.15) is 0 Å². The fourth-order valence-electron chi connectivity index (χ4n) is 0.709.